The van der Waals surface area contributed by atoms with Crippen LogP contribution in [0.25, 0.3) is 0 Å². The molecular weight excluding hydrogens is 431 g/mol. The molecule has 130 valence electrons. The van der Waals surface area contributed by atoms with Crippen molar-refractivity contribution in [3.63, 3.8) is 0 Å². The smallest absolute Gasteiger partial charge is 0.410 e. The van der Waals surface area contributed by atoms with Gasteiger partial charge in [0.05, 0.1) is 5.56 Å². The van der Waals surface area contributed by atoms with Crippen molar-refractivity contribution in [2.45, 2.75) is 18.9 Å². The SMILES string of the molecule is O=C(NC1CCN(C(=O)Oc2ccccc2)CC1)c1ccccc1I. The molecule has 25 heavy (non-hydrogen) atoms. The molecule has 1 aliphatic heterocycles. The van der Waals surface area contributed by atoms with Crippen LogP contribution in [0.15, 0.2) is 54.6 Å². The molecule has 5 nitrogen and oxygen atoms in total. The van der Waals surface area contributed by atoms with Crippen LogP contribution in [0.2, 0.25) is 0 Å². The highest BCUT2D eigenvalue weighted by Gasteiger charge is 2.25. The topological polar surface area (TPSA) is 58.6 Å². The van der Waals surface area contributed by atoms with Crippen molar-refractivity contribution in [1.82, 2.24) is 10.2 Å². The Morgan fingerprint density at radius 1 is 1.00 bits per heavy atom. The summed E-state index contributed by atoms with van der Waals surface area (Å²) in [5, 5.41) is 3.06. The van der Waals surface area contributed by atoms with Crippen molar-refractivity contribution in [2.24, 2.45) is 0 Å². The number of carbonyl (C=O) groups is 2. The van der Waals surface area contributed by atoms with Crippen LogP contribution in [0.3, 0.4) is 0 Å². The van der Waals surface area contributed by atoms with Crippen LogP contribution < -0.4 is 10.1 Å². The number of benzene rings is 2. The summed E-state index contributed by atoms with van der Waals surface area (Å²) in [4.78, 5) is 26.2. The summed E-state index contributed by atoms with van der Waals surface area (Å²) in [5.74, 6) is 0.483. The van der Waals surface area contributed by atoms with Crippen LogP contribution >= 0.6 is 22.6 Å². The van der Waals surface area contributed by atoms with Gasteiger partial charge in [0.1, 0.15) is 5.75 Å². The van der Waals surface area contributed by atoms with Gasteiger partial charge in [0.15, 0.2) is 0 Å². The van der Waals surface area contributed by atoms with E-state index in [1.54, 1.807) is 17.0 Å². The minimum absolute atomic E-state index is 0.0599. The molecule has 3 rings (SSSR count). The van der Waals surface area contributed by atoms with Gasteiger partial charge in [-0.25, -0.2) is 4.79 Å². The van der Waals surface area contributed by atoms with Gasteiger partial charge in [-0.3, -0.25) is 4.79 Å². The third-order valence-electron chi connectivity index (χ3n) is 4.16. The van der Waals surface area contributed by atoms with Crippen molar-refractivity contribution in [3.8, 4) is 5.75 Å². The number of hydrogen-bond acceptors (Lipinski definition) is 3. The Labute approximate surface area is 160 Å². The first-order chi connectivity index (χ1) is 12.1. The standard InChI is InChI=1S/C19H19IN2O3/c20-17-9-5-4-8-16(17)18(23)21-14-10-12-22(13-11-14)19(24)25-15-6-2-1-3-7-15/h1-9,14H,10-13H2,(H,21,23). The van der Waals surface area contributed by atoms with Gasteiger partial charge in [-0.2, -0.15) is 0 Å². The van der Waals surface area contributed by atoms with Crippen LogP contribution in [-0.2, 0) is 0 Å². The Bertz CT molecular complexity index is 743. The number of rotatable bonds is 3. The minimum Gasteiger partial charge on any atom is -0.410 e. The zero-order chi connectivity index (χ0) is 17.6. The molecule has 0 radical (unpaired) electrons. The number of nitrogens with one attached hydrogen (secondary N) is 1. The second kappa shape index (κ2) is 8.33. The molecule has 0 aromatic heterocycles. The normalized spacial score (nSPS) is 14.8. The fourth-order valence-corrected chi connectivity index (χ4v) is 3.40. The highest BCUT2D eigenvalue weighted by Crippen LogP contribution is 2.16. The number of nitrogens with zero attached hydrogens (tertiary/aromatic N) is 1. The fraction of sp³-hybridized carbons (Fsp3) is 0.263. The summed E-state index contributed by atoms with van der Waals surface area (Å²) >= 11 is 2.16. The third-order valence-corrected chi connectivity index (χ3v) is 5.10. The number of halogens is 1. The van der Waals surface area contributed by atoms with Gasteiger partial charge in [-0.1, -0.05) is 30.3 Å². The molecule has 2 aromatic carbocycles. The number of ether oxygens (including phenoxy) is 1. The number of piperidine rings is 1. The zero-order valence-corrected chi connectivity index (χ0v) is 15.8. The maximum Gasteiger partial charge on any atom is 0.415 e. The van der Waals surface area contributed by atoms with Crippen molar-refractivity contribution in [2.75, 3.05) is 13.1 Å². The van der Waals surface area contributed by atoms with Gasteiger partial charge in [0, 0.05) is 22.7 Å². The number of likely N-dealkylation sites (tertiary alicyclic amines) is 1. The second-order valence-corrected chi connectivity index (χ2v) is 7.06. The quantitative estimate of drug-likeness (QED) is 0.727. The lowest BCUT2D eigenvalue weighted by Crippen LogP contribution is -2.47. The van der Waals surface area contributed by atoms with E-state index in [9.17, 15) is 9.59 Å². The first-order valence-electron chi connectivity index (χ1n) is 8.20. The molecule has 1 fully saturated rings. The van der Waals surface area contributed by atoms with E-state index in [0.717, 1.165) is 16.4 Å². The van der Waals surface area contributed by atoms with Crippen LogP contribution in [-0.4, -0.2) is 36.0 Å². The molecule has 0 atom stereocenters. The molecule has 1 aliphatic rings. The van der Waals surface area contributed by atoms with E-state index in [-0.39, 0.29) is 18.0 Å². The number of para-hydroxylation sites is 1. The lowest BCUT2D eigenvalue weighted by molar-refractivity contribution is 0.0909. The average molecular weight is 450 g/mol. The first-order valence-corrected chi connectivity index (χ1v) is 9.28. The maximum absolute atomic E-state index is 12.4. The molecule has 2 amide bonds. The van der Waals surface area contributed by atoms with E-state index in [4.69, 9.17) is 4.74 Å². The molecule has 0 bridgehead atoms. The van der Waals surface area contributed by atoms with Crippen LogP contribution in [0.5, 0.6) is 5.75 Å². The summed E-state index contributed by atoms with van der Waals surface area (Å²) in [6.07, 6.45) is 1.10. The predicted molar refractivity (Wildman–Crippen MR) is 104 cm³/mol. The summed E-state index contributed by atoms with van der Waals surface area (Å²) in [6.45, 7) is 1.14. The average Bonchev–Trinajstić information content (AvgIpc) is 2.63. The van der Waals surface area contributed by atoms with Crippen molar-refractivity contribution < 1.29 is 14.3 Å². The minimum atomic E-state index is -0.339. The summed E-state index contributed by atoms with van der Waals surface area (Å²) in [6, 6.07) is 16.6. The number of hydrogen-bond donors (Lipinski definition) is 1. The Balaban J connectivity index is 1.49. The van der Waals surface area contributed by atoms with Crippen molar-refractivity contribution in [3.05, 3.63) is 63.7 Å². The van der Waals surface area contributed by atoms with Gasteiger partial charge >= 0.3 is 6.09 Å². The van der Waals surface area contributed by atoms with Crippen molar-refractivity contribution >= 4 is 34.6 Å². The van der Waals surface area contributed by atoms with Gasteiger partial charge in [-0.05, 0) is 59.7 Å². The first kappa shape index (κ1) is 17.7. The number of carbonyl (C=O) groups excluding carboxylic acids is 2. The number of amides is 2. The van der Waals surface area contributed by atoms with Gasteiger partial charge in [-0.15, -0.1) is 0 Å². The zero-order valence-electron chi connectivity index (χ0n) is 13.7. The lowest BCUT2D eigenvalue weighted by atomic mass is 10.0. The van der Waals surface area contributed by atoms with Crippen LogP contribution in [0.4, 0.5) is 4.79 Å². The van der Waals surface area contributed by atoms with E-state index in [2.05, 4.69) is 27.9 Å². The van der Waals surface area contributed by atoms with Crippen LogP contribution in [0, 0.1) is 3.57 Å². The Morgan fingerprint density at radius 3 is 2.32 bits per heavy atom. The van der Waals surface area contributed by atoms with Crippen LogP contribution in [0.1, 0.15) is 23.2 Å². The Morgan fingerprint density at radius 2 is 1.64 bits per heavy atom. The largest absolute Gasteiger partial charge is 0.415 e. The molecule has 6 heteroatoms. The van der Waals surface area contributed by atoms with Crippen molar-refractivity contribution in [1.29, 1.82) is 0 Å². The molecule has 2 aromatic rings. The van der Waals surface area contributed by atoms with E-state index < -0.39 is 0 Å². The highest BCUT2D eigenvalue weighted by atomic mass is 127. The van der Waals surface area contributed by atoms with Gasteiger partial charge in [0.2, 0.25) is 0 Å². The van der Waals surface area contributed by atoms with E-state index in [1.807, 2.05) is 42.5 Å². The van der Waals surface area contributed by atoms with E-state index in [0.29, 0.717) is 24.4 Å². The van der Waals surface area contributed by atoms with E-state index in [1.165, 1.54) is 0 Å². The third kappa shape index (κ3) is 4.72. The second-order valence-electron chi connectivity index (χ2n) is 5.90. The molecule has 0 aliphatic carbocycles. The maximum atomic E-state index is 12.4. The molecule has 0 unspecified atom stereocenters. The fourth-order valence-electron chi connectivity index (χ4n) is 2.77. The van der Waals surface area contributed by atoms with Gasteiger partial charge in [0.25, 0.3) is 5.91 Å². The monoisotopic (exact) mass is 450 g/mol. The molecule has 1 heterocycles. The molecule has 1 N–H and O–H groups in total. The highest BCUT2D eigenvalue weighted by molar-refractivity contribution is 14.1. The molecular formula is C19H19IN2O3. The molecule has 1 saturated heterocycles. The Hall–Kier alpha value is -2.09. The summed E-state index contributed by atoms with van der Waals surface area (Å²) < 4.78 is 6.29. The predicted octanol–water partition coefficient (Wildman–Crippen LogP) is 3.68. The lowest BCUT2D eigenvalue weighted by Gasteiger charge is -2.31. The summed E-state index contributed by atoms with van der Waals surface area (Å²) in [7, 11) is 0. The van der Waals surface area contributed by atoms with E-state index >= 15 is 0 Å². The van der Waals surface area contributed by atoms with Gasteiger partial charge < -0.3 is 15.0 Å². The molecule has 0 spiro atoms. The molecule has 0 saturated carbocycles. The summed E-state index contributed by atoms with van der Waals surface area (Å²) in [5.41, 5.74) is 0.689. The Kier molecular flexibility index (Phi) is 5.91.